The van der Waals surface area contributed by atoms with Crippen LogP contribution in [0.3, 0.4) is 0 Å². The van der Waals surface area contributed by atoms with E-state index in [0.717, 1.165) is 12.1 Å². The first kappa shape index (κ1) is 19.8. The number of carbonyl (C=O) groups is 1. The number of halogens is 3. The largest absolute Gasteiger partial charge is 0.416 e. The van der Waals surface area contributed by atoms with E-state index in [1.807, 2.05) is 0 Å². The maximum absolute atomic E-state index is 12.5. The molecule has 8 heteroatoms. The van der Waals surface area contributed by atoms with Gasteiger partial charge in [-0.25, -0.2) is 4.79 Å². The molecular weight excluding hydrogens is 325 g/mol. The van der Waals surface area contributed by atoms with Gasteiger partial charge in [0.05, 0.1) is 25.3 Å². The Morgan fingerprint density at radius 2 is 2.04 bits per heavy atom. The van der Waals surface area contributed by atoms with Crippen LogP contribution in [0.1, 0.15) is 17.5 Å². The van der Waals surface area contributed by atoms with Crippen molar-refractivity contribution in [3.05, 3.63) is 35.4 Å². The average molecular weight is 344 g/mol. The molecule has 0 spiro atoms. The van der Waals surface area contributed by atoms with E-state index in [4.69, 9.17) is 9.84 Å². The van der Waals surface area contributed by atoms with Crippen molar-refractivity contribution in [3.63, 3.8) is 0 Å². The molecule has 1 aromatic rings. The third-order valence-corrected chi connectivity index (χ3v) is 2.75. The number of nitrogens with one attached hydrogen (secondary N) is 2. The van der Waals surface area contributed by atoms with E-state index in [2.05, 4.69) is 22.5 Å². The van der Waals surface area contributed by atoms with E-state index in [0.29, 0.717) is 19.6 Å². The second kappa shape index (κ2) is 10.5. The predicted octanol–water partition coefficient (Wildman–Crippen LogP) is 1.76. The van der Waals surface area contributed by atoms with Gasteiger partial charge in [0.2, 0.25) is 0 Å². The number of rotatable bonds is 7. The predicted molar refractivity (Wildman–Crippen MR) is 82.2 cm³/mol. The summed E-state index contributed by atoms with van der Waals surface area (Å²) in [6, 6.07) is 4.26. The zero-order valence-corrected chi connectivity index (χ0v) is 12.9. The Morgan fingerprint density at radius 3 is 2.75 bits per heavy atom. The topological polar surface area (TPSA) is 70.6 Å². The van der Waals surface area contributed by atoms with E-state index in [-0.39, 0.29) is 25.3 Å². The maximum Gasteiger partial charge on any atom is 0.416 e. The van der Waals surface area contributed by atoms with Gasteiger partial charge in [-0.05, 0) is 24.6 Å². The molecule has 0 aliphatic carbocycles. The van der Waals surface area contributed by atoms with Crippen LogP contribution in [-0.4, -0.2) is 44.0 Å². The van der Waals surface area contributed by atoms with Crippen molar-refractivity contribution in [2.75, 3.05) is 32.9 Å². The van der Waals surface area contributed by atoms with Crippen LogP contribution in [0, 0.1) is 11.8 Å². The van der Waals surface area contributed by atoms with Gasteiger partial charge in [-0.1, -0.05) is 17.9 Å². The molecule has 0 saturated heterocycles. The first-order valence-corrected chi connectivity index (χ1v) is 7.30. The summed E-state index contributed by atoms with van der Waals surface area (Å²) >= 11 is 0. The number of amides is 2. The lowest BCUT2D eigenvalue weighted by molar-refractivity contribution is -0.137. The molecule has 3 N–H and O–H groups in total. The normalized spacial score (nSPS) is 10.7. The molecule has 2 amide bonds. The molecule has 0 aliphatic heterocycles. The number of urea groups is 1. The summed E-state index contributed by atoms with van der Waals surface area (Å²) in [4.78, 5) is 11.4. The first-order valence-electron chi connectivity index (χ1n) is 7.30. The zero-order chi connectivity index (χ0) is 17.8. The quantitative estimate of drug-likeness (QED) is 0.521. The lowest BCUT2D eigenvalue weighted by Crippen LogP contribution is -2.36. The number of benzene rings is 1. The molecule has 1 aromatic carbocycles. The van der Waals surface area contributed by atoms with Crippen LogP contribution in [0.25, 0.3) is 0 Å². The van der Waals surface area contributed by atoms with Crippen LogP contribution < -0.4 is 10.6 Å². The van der Waals surface area contributed by atoms with E-state index in [9.17, 15) is 18.0 Å². The molecular formula is C16H19F3N2O3. The molecule has 0 saturated carbocycles. The number of aliphatic hydroxyl groups is 1. The second-order valence-corrected chi connectivity index (χ2v) is 4.68. The van der Waals surface area contributed by atoms with Crippen molar-refractivity contribution < 1.29 is 27.8 Å². The van der Waals surface area contributed by atoms with E-state index >= 15 is 0 Å². The van der Waals surface area contributed by atoms with E-state index in [1.54, 1.807) is 0 Å². The van der Waals surface area contributed by atoms with Gasteiger partial charge in [-0.2, -0.15) is 13.2 Å². The van der Waals surface area contributed by atoms with Crippen molar-refractivity contribution in [1.29, 1.82) is 0 Å². The molecule has 0 fully saturated rings. The molecule has 0 radical (unpaired) electrons. The highest BCUT2D eigenvalue weighted by Crippen LogP contribution is 2.29. The van der Waals surface area contributed by atoms with Crippen LogP contribution in [0.2, 0.25) is 0 Å². The smallest absolute Gasteiger partial charge is 0.394 e. The van der Waals surface area contributed by atoms with Gasteiger partial charge in [0.1, 0.15) is 0 Å². The lowest BCUT2D eigenvalue weighted by Gasteiger charge is -2.06. The summed E-state index contributed by atoms with van der Waals surface area (Å²) in [5.41, 5.74) is -0.531. The summed E-state index contributed by atoms with van der Waals surface area (Å²) < 4.78 is 42.7. The SMILES string of the molecule is O=C(NCC#Cc1cccc(C(F)(F)F)c1)NCCCOCCO. The molecule has 0 aliphatic rings. The molecule has 0 atom stereocenters. The summed E-state index contributed by atoms with van der Waals surface area (Å²) in [5, 5.41) is 13.5. The van der Waals surface area contributed by atoms with Gasteiger partial charge < -0.3 is 20.5 Å². The Morgan fingerprint density at radius 1 is 1.25 bits per heavy atom. The fourth-order valence-electron chi connectivity index (χ4n) is 1.65. The summed E-state index contributed by atoms with van der Waals surface area (Å²) in [7, 11) is 0. The number of carbonyl (C=O) groups excluding carboxylic acids is 1. The highest BCUT2D eigenvalue weighted by atomic mass is 19.4. The van der Waals surface area contributed by atoms with Crippen molar-refractivity contribution in [2.24, 2.45) is 0 Å². The molecule has 0 heterocycles. The van der Waals surface area contributed by atoms with Gasteiger partial charge in [0.25, 0.3) is 0 Å². The van der Waals surface area contributed by atoms with Gasteiger partial charge in [0.15, 0.2) is 0 Å². The van der Waals surface area contributed by atoms with E-state index in [1.165, 1.54) is 12.1 Å². The second-order valence-electron chi connectivity index (χ2n) is 4.68. The molecule has 5 nitrogen and oxygen atoms in total. The number of aliphatic hydroxyl groups excluding tert-OH is 1. The minimum atomic E-state index is -4.41. The molecule has 0 aromatic heterocycles. The van der Waals surface area contributed by atoms with Crippen molar-refractivity contribution in [2.45, 2.75) is 12.6 Å². The van der Waals surface area contributed by atoms with Crippen LogP contribution in [0.5, 0.6) is 0 Å². The zero-order valence-electron chi connectivity index (χ0n) is 12.9. The monoisotopic (exact) mass is 344 g/mol. The van der Waals surface area contributed by atoms with Crippen molar-refractivity contribution in [1.82, 2.24) is 10.6 Å². The molecule has 0 bridgehead atoms. The Kier molecular flexibility index (Phi) is 8.68. The Bertz CT molecular complexity index is 580. The average Bonchev–Trinajstić information content (AvgIpc) is 2.54. The molecule has 132 valence electrons. The van der Waals surface area contributed by atoms with Crippen LogP contribution in [0.4, 0.5) is 18.0 Å². The maximum atomic E-state index is 12.5. The Balaban J connectivity index is 2.28. The van der Waals surface area contributed by atoms with Gasteiger partial charge in [-0.3, -0.25) is 0 Å². The molecule has 1 rings (SSSR count). The fourth-order valence-corrected chi connectivity index (χ4v) is 1.65. The summed E-state index contributed by atoms with van der Waals surface area (Å²) in [6.07, 6.45) is -3.81. The highest BCUT2D eigenvalue weighted by Gasteiger charge is 2.30. The van der Waals surface area contributed by atoms with Gasteiger partial charge in [-0.15, -0.1) is 0 Å². The standard InChI is InChI=1S/C16H19F3N2O3/c17-16(18,19)14-6-1-4-13(12-14)5-2-7-20-15(23)21-8-3-10-24-11-9-22/h1,4,6,12,22H,3,7-11H2,(H2,20,21,23). The Hall–Kier alpha value is -2.24. The fraction of sp³-hybridized carbons (Fsp3) is 0.438. The number of hydrogen-bond donors (Lipinski definition) is 3. The Labute approximate surface area is 138 Å². The van der Waals surface area contributed by atoms with Gasteiger partial charge in [0, 0.05) is 18.7 Å². The summed E-state index contributed by atoms with van der Waals surface area (Å²) in [5.74, 6) is 5.15. The minimum absolute atomic E-state index is 0.0170. The van der Waals surface area contributed by atoms with E-state index < -0.39 is 17.8 Å². The summed E-state index contributed by atoms with van der Waals surface area (Å²) in [6.45, 7) is 1.06. The number of alkyl halides is 3. The minimum Gasteiger partial charge on any atom is -0.394 e. The van der Waals surface area contributed by atoms with Crippen molar-refractivity contribution >= 4 is 6.03 Å². The number of hydrogen-bond acceptors (Lipinski definition) is 3. The van der Waals surface area contributed by atoms with Crippen molar-refractivity contribution in [3.8, 4) is 11.8 Å². The third-order valence-electron chi connectivity index (χ3n) is 2.75. The number of ether oxygens (including phenoxy) is 1. The lowest BCUT2D eigenvalue weighted by atomic mass is 10.1. The third kappa shape index (κ3) is 8.41. The van der Waals surface area contributed by atoms with Gasteiger partial charge >= 0.3 is 12.2 Å². The van der Waals surface area contributed by atoms with Crippen LogP contribution in [0.15, 0.2) is 24.3 Å². The van der Waals surface area contributed by atoms with Crippen LogP contribution in [-0.2, 0) is 10.9 Å². The first-order chi connectivity index (χ1) is 11.4. The molecule has 0 unspecified atom stereocenters. The van der Waals surface area contributed by atoms with Crippen LogP contribution >= 0.6 is 0 Å². The highest BCUT2D eigenvalue weighted by molar-refractivity contribution is 5.74. The molecule has 24 heavy (non-hydrogen) atoms.